The summed E-state index contributed by atoms with van der Waals surface area (Å²) in [5, 5.41) is 0. The van der Waals surface area contributed by atoms with E-state index in [2.05, 4.69) is 19.1 Å². The molecule has 0 aromatic heterocycles. The minimum Gasteiger partial charge on any atom is -0.478 e. The molecule has 1 heterocycles. The van der Waals surface area contributed by atoms with Crippen LogP contribution in [0.3, 0.4) is 0 Å². The highest BCUT2D eigenvalue weighted by Gasteiger charge is 2.37. The van der Waals surface area contributed by atoms with Crippen molar-refractivity contribution in [1.29, 1.82) is 0 Å². The fraction of sp³-hybridized carbons (Fsp3) is 0.611. The van der Waals surface area contributed by atoms with E-state index in [0.29, 0.717) is 5.92 Å². The van der Waals surface area contributed by atoms with Crippen molar-refractivity contribution < 1.29 is 9.53 Å². The molecule has 1 amide bonds. The Morgan fingerprint density at radius 1 is 1.36 bits per heavy atom. The van der Waals surface area contributed by atoms with Gasteiger partial charge < -0.3 is 15.4 Å². The van der Waals surface area contributed by atoms with Gasteiger partial charge in [-0.15, -0.1) is 0 Å². The number of rotatable bonds is 5. The average molecular weight is 302 g/mol. The molecule has 2 aliphatic rings. The van der Waals surface area contributed by atoms with Gasteiger partial charge in [0, 0.05) is 12.6 Å². The van der Waals surface area contributed by atoms with Crippen molar-refractivity contribution in [3.63, 3.8) is 0 Å². The molecular formula is C18H26N2O2. The maximum atomic E-state index is 12.7. The minimum atomic E-state index is -0.387. The summed E-state index contributed by atoms with van der Waals surface area (Å²) in [6.07, 6.45) is 2.96. The number of benzene rings is 1. The fourth-order valence-corrected chi connectivity index (χ4v) is 3.11. The molecule has 2 atom stereocenters. The summed E-state index contributed by atoms with van der Waals surface area (Å²) >= 11 is 0. The van der Waals surface area contributed by atoms with E-state index in [0.717, 1.165) is 30.0 Å². The lowest BCUT2D eigenvalue weighted by Crippen LogP contribution is -2.48. The van der Waals surface area contributed by atoms with Crippen LogP contribution in [0.1, 0.15) is 51.6 Å². The van der Waals surface area contributed by atoms with Crippen LogP contribution in [0.4, 0.5) is 5.69 Å². The Morgan fingerprint density at radius 2 is 2.09 bits per heavy atom. The van der Waals surface area contributed by atoms with E-state index in [1.54, 1.807) is 0 Å². The van der Waals surface area contributed by atoms with Crippen LogP contribution in [-0.2, 0) is 4.79 Å². The van der Waals surface area contributed by atoms with Crippen molar-refractivity contribution in [1.82, 2.24) is 0 Å². The molecule has 1 aliphatic heterocycles. The molecule has 22 heavy (non-hydrogen) atoms. The van der Waals surface area contributed by atoms with Crippen LogP contribution in [-0.4, -0.2) is 18.6 Å². The Morgan fingerprint density at radius 3 is 2.68 bits per heavy atom. The van der Waals surface area contributed by atoms with Crippen molar-refractivity contribution in [2.75, 3.05) is 11.4 Å². The highest BCUT2D eigenvalue weighted by atomic mass is 16.5. The van der Waals surface area contributed by atoms with Gasteiger partial charge in [0.15, 0.2) is 6.10 Å². The SMILES string of the molecule is CCCN1C(=O)C(C(C)C)Oc2ccc(C(N)C3CC3)cc21. The first kappa shape index (κ1) is 15.3. The second-order valence-electron chi connectivity index (χ2n) is 6.86. The van der Waals surface area contributed by atoms with Crippen molar-refractivity contribution in [3.05, 3.63) is 23.8 Å². The quantitative estimate of drug-likeness (QED) is 0.908. The summed E-state index contributed by atoms with van der Waals surface area (Å²) < 4.78 is 5.96. The first-order chi connectivity index (χ1) is 10.5. The van der Waals surface area contributed by atoms with Gasteiger partial charge in [-0.25, -0.2) is 0 Å². The summed E-state index contributed by atoms with van der Waals surface area (Å²) in [4.78, 5) is 14.6. The van der Waals surface area contributed by atoms with Crippen molar-refractivity contribution in [2.24, 2.45) is 17.6 Å². The molecule has 1 saturated carbocycles. The molecule has 4 heteroatoms. The van der Waals surface area contributed by atoms with Gasteiger partial charge in [-0.1, -0.05) is 26.8 Å². The zero-order valence-corrected chi connectivity index (χ0v) is 13.7. The van der Waals surface area contributed by atoms with Gasteiger partial charge in [0.25, 0.3) is 5.91 Å². The number of amides is 1. The van der Waals surface area contributed by atoms with Crippen LogP contribution in [0.2, 0.25) is 0 Å². The number of carbonyl (C=O) groups excluding carboxylic acids is 1. The monoisotopic (exact) mass is 302 g/mol. The summed E-state index contributed by atoms with van der Waals surface area (Å²) in [5.41, 5.74) is 8.32. The van der Waals surface area contributed by atoms with Crippen LogP contribution >= 0.6 is 0 Å². The van der Waals surface area contributed by atoms with Crippen LogP contribution in [0.25, 0.3) is 0 Å². The molecule has 1 aromatic rings. The molecule has 0 radical (unpaired) electrons. The fourth-order valence-electron chi connectivity index (χ4n) is 3.11. The lowest BCUT2D eigenvalue weighted by Gasteiger charge is -2.36. The van der Waals surface area contributed by atoms with E-state index in [1.807, 2.05) is 24.8 Å². The predicted octanol–water partition coefficient (Wildman–Crippen LogP) is 3.26. The van der Waals surface area contributed by atoms with Crippen molar-refractivity contribution in [3.8, 4) is 5.75 Å². The maximum Gasteiger partial charge on any atom is 0.268 e. The summed E-state index contributed by atoms with van der Waals surface area (Å²) in [7, 11) is 0. The third-order valence-corrected chi connectivity index (χ3v) is 4.60. The Bertz CT molecular complexity index is 566. The number of ether oxygens (including phenoxy) is 1. The number of anilines is 1. The lowest BCUT2D eigenvalue weighted by atomic mass is 9.99. The molecule has 3 rings (SSSR count). The normalized spacial score (nSPS) is 22.5. The summed E-state index contributed by atoms with van der Waals surface area (Å²) in [6, 6.07) is 6.17. The third kappa shape index (κ3) is 2.72. The van der Waals surface area contributed by atoms with Gasteiger partial charge in [-0.3, -0.25) is 4.79 Å². The maximum absolute atomic E-state index is 12.7. The molecule has 4 nitrogen and oxygen atoms in total. The first-order valence-corrected chi connectivity index (χ1v) is 8.40. The van der Waals surface area contributed by atoms with Crippen LogP contribution in [0.5, 0.6) is 5.75 Å². The topological polar surface area (TPSA) is 55.6 Å². The van der Waals surface area contributed by atoms with Crippen LogP contribution in [0.15, 0.2) is 18.2 Å². The predicted molar refractivity (Wildman–Crippen MR) is 88.0 cm³/mol. The standard InChI is InChI=1S/C18H26N2O2/c1-4-9-20-14-10-13(16(19)12-5-6-12)7-8-15(14)22-17(11(2)3)18(20)21/h7-8,10-12,16-17H,4-6,9,19H2,1-3H3. The smallest absolute Gasteiger partial charge is 0.268 e. The molecule has 1 aromatic carbocycles. The van der Waals surface area contributed by atoms with Gasteiger partial charge in [0.2, 0.25) is 0 Å². The average Bonchev–Trinajstić information content (AvgIpc) is 3.33. The Balaban J connectivity index is 1.96. The molecule has 2 N–H and O–H groups in total. The lowest BCUT2D eigenvalue weighted by molar-refractivity contribution is -0.128. The first-order valence-electron chi connectivity index (χ1n) is 8.40. The highest BCUT2D eigenvalue weighted by Crippen LogP contribution is 2.43. The summed E-state index contributed by atoms with van der Waals surface area (Å²) in [5.74, 6) is 1.63. The molecule has 1 fully saturated rings. The molecule has 0 spiro atoms. The molecule has 0 saturated heterocycles. The van der Waals surface area contributed by atoms with E-state index < -0.39 is 0 Å². The number of hydrogen-bond acceptors (Lipinski definition) is 3. The van der Waals surface area contributed by atoms with E-state index in [9.17, 15) is 4.79 Å². The number of carbonyl (C=O) groups is 1. The zero-order chi connectivity index (χ0) is 15.9. The van der Waals surface area contributed by atoms with E-state index >= 15 is 0 Å². The second-order valence-corrected chi connectivity index (χ2v) is 6.86. The molecule has 1 aliphatic carbocycles. The summed E-state index contributed by atoms with van der Waals surface area (Å²) in [6.45, 7) is 6.86. The van der Waals surface area contributed by atoms with E-state index in [-0.39, 0.29) is 24.0 Å². The van der Waals surface area contributed by atoms with Gasteiger partial charge in [-0.2, -0.15) is 0 Å². The zero-order valence-electron chi connectivity index (χ0n) is 13.7. The Labute approximate surface area is 132 Å². The van der Waals surface area contributed by atoms with Crippen LogP contribution < -0.4 is 15.4 Å². The largest absolute Gasteiger partial charge is 0.478 e. The number of fused-ring (bicyclic) bond motifs is 1. The Kier molecular flexibility index (Phi) is 4.13. The van der Waals surface area contributed by atoms with E-state index in [1.165, 1.54) is 12.8 Å². The van der Waals surface area contributed by atoms with Gasteiger partial charge in [0.1, 0.15) is 5.75 Å². The van der Waals surface area contributed by atoms with Gasteiger partial charge in [-0.05, 0) is 48.8 Å². The molecular weight excluding hydrogens is 276 g/mol. The van der Waals surface area contributed by atoms with Crippen molar-refractivity contribution in [2.45, 2.75) is 52.2 Å². The highest BCUT2D eigenvalue weighted by molar-refractivity contribution is 6.00. The molecule has 2 unspecified atom stereocenters. The number of nitrogens with two attached hydrogens (primary N) is 1. The van der Waals surface area contributed by atoms with Crippen molar-refractivity contribution >= 4 is 11.6 Å². The van der Waals surface area contributed by atoms with E-state index in [4.69, 9.17) is 10.5 Å². The Hall–Kier alpha value is -1.55. The minimum absolute atomic E-state index is 0.0708. The molecule has 0 bridgehead atoms. The number of hydrogen-bond donors (Lipinski definition) is 1. The van der Waals surface area contributed by atoms with Gasteiger partial charge in [0.05, 0.1) is 5.69 Å². The molecule has 120 valence electrons. The third-order valence-electron chi connectivity index (χ3n) is 4.60. The van der Waals surface area contributed by atoms with Crippen LogP contribution in [0, 0.1) is 11.8 Å². The number of nitrogens with zero attached hydrogens (tertiary/aromatic N) is 1. The second kappa shape index (κ2) is 5.92. The van der Waals surface area contributed by atoms with Gasteiger partial charge >= 0.3 is 0 Å².